The smallest absolute Gasteiger partial charge is 0.316 e. The van der Waals surface area contributed by atoms with Crippen LogP contribution in [0.3, 0.4) is 0 Å². The molecule has 0 saturated carbocycles. The molecule has 1 fully saturated rings. The standard InChI is InChI=1S/C8H15F3N2/c9-8(10,11)6-13-4-2-7-1-3-12-5-7/h7,12-13H,1-6H2. The molecule has 0 bridgehead atoms. The van der Waals surface area contributed by atoms with Crippen LogP contribution in [-0.4, -0.2) is 32.4 Å². The van der Waals surface area contributed by atoms with Crippen molar-refractivity contribution in [3.63, 3.8) is 0 Å². The molecular formula is C8H15F3N2. The average Bonchev–Trinajstić information content (AvgIpc) is 2.48. The Bertz CT molecular complexity index is 141. The molecule has 0 radical (unpaired) electrons. The van der Waals surface area contributed by atoms with Crippen LogP contribution in [0.4, 0.5) is 13.2 Å². The highest BCUT2D eigenvalue weighted by atomic mass is 19.4. The van der Waals surface area contributed by atoms with Crippen LogP contribution in [0.2, 0.25) is 0 Å². The zero-order valence-corrected chi connectivity index (χ0v) is 7.45. The minimum Gasteiger partial charge on any atom is -0.316 e. The third kappa shape index (κ3) is 5.10. The number of nitrogens with one attached hydrogen (secondary N) is 2. The van der Waals surface area contributed by atoms with E-state index in [1.54, 1.807) is 0 Å². The van der Waals surface area contributed by atoms with E-state index in [-0.39, 0.29) is 0 Å². The Hall–Kier alpha value is -0.290. The van der Waals surface area contributed by atoms with E-state index in [9.17, 15) is 13.2 Å². The van der Waals surface area contributed by atoms with Gasteiger partial charge in [0.1, 0.15) is 0 Å². The van der Waals surface area contributed by atoms with Crippen LogP contribution >= 0.6 is 0 Å². The van der Waals surface area contributed by atoms with E-state index >= 15 is 0 Å². The van der Waals surface area contributed by atoms with Crippen LogP contribution in [0.5, 0.6) is 0 Å². The lowest BCUT2D eigenvalue weighted by Crippen LogP contribution is -2.30. The molecule has 0 amide bonds. The van der Waals surface area contributed by atoms with E-state index in [0.29, 0.717) is 12.5 Å². The first kappa shape index (κ1) is 10.8. The summed E-state index contributed by atoms with van der Waals surface area (Å²) in [5, 5.41) is 5.58. The van der Waals surface area contributed by atoms with Crippen LogP contribution in [0.1, 0.15) is 12.8 Å². The minimum atomic E-state index is -4.08. The summed E-state index contributed by atoms with van der Waals surface area (Å²) >= 11 is 0. The predicted octanol–water partition coefficient (Wildman–Crippen LogP) is 1.14. The molecular weight excluding hydrogens is 181 g/mol. The van der Waals surface area contributed by atoms with Gasteiger partial charge in [-0.25, -0.2) is 0 Å². The van der Waals surface area contributed by atoms with Crippen molar-refractivity contribution in [3.8, 4) is 0 Å². The number of hydrogen-bond donors (Lipinski definition) is 2. The second kappa shape index (κ2) is 4.81. The van der Waals surface area contributed by atoms with Crippen molar-refractivity contribution >= 4 is 0 Å². The molecule has 1 rings (SSSR count). The van der Waals surface area contributed by atoms with Gasteiger partial charge in [-0.2, -0.15) is 13.2 Å². The molecule has 1 saturated heterocycles. The summed E-state index contributed by atoms with van der Waals surface area (Å²) in [5.41, 5.74) is 0. The van der Waals surface area contributed by atoms with E-state index in [2.05, 4.69) is 10.6 Å². The van der Waals surface area contributed by atoms with Gasteiger partial charge in [0, 0.05) is 0 Å². The summed E-state index contributed by atoms with van der Waals surface area (Å²) in [6, 6.07) is 0. The Labute approximate surface area is 75.9 Å². The lowest BCUT2D eigenvalue weighted by molar-refractivity contribution is -0.124. The maximum absolute atomic E-state index is 11.7. The van der Waals surface area contributed by atoms with Gasteiger partial charge < -0.3 is 10.6 Å². The van der Waals surface area contributed by atoms with Gasteiger partial charge >= 0.3 is 6.18 Å². The van der Waals surface area contributed by atoms with Crippen molar-refractivity contribution in [2.45, 2.75) is 19.0 Å². The van der Waals surface area contributed by atoms with E-state index in [1.165, 1.54) is 0 Å². The van der Waals surface area contributed by atoms with Gasteiger partial charge in [-0.05, 0) is 38.4 Å². The number of halogens is 3. The molecule has 1 aliphatic heterocycles. The molecule has 0 aromatic rings. The molecule has 1 atom stereocenters. The Morgan fingerprint density at radius 3 is 2.69 bits per heavy atom. The van der Waals surface area contributed by atoms with Gasteiger partial charge in [-0.1, -0.05) is 0 Å². The van der Waals surface area contributed by atoms with Gasteiger partial charge in [-0.3, -0.25) is 0 Å². The van der Waals surface area contributed by atoms with Crippen molar-refractivity contribution in [1.82, 2.24) is 10.6 Å². The highest BCUT2D eigenvalue weighted by Crippen LogP contribution is 2.13. The zero-order valence-electron chi connectivity index (χ0n) is 7.45. The SMILES string of the molecule is FC(F)(F)CNCCC1CCNC1. The van der Waals surface area contributed by atoms with E-state index in [4.69, 9.17) is 0 Å². The van der Waals surface area contributed by atoms with Crippen LogP contribution in [0.25, 0.3) is 0 Å². The Morgan fingerprint density at radius 1 is 1.38 bits per heavy atom. The summed E-state index contributed by atoms with van der Waals surface area (Å²) in [4.78, 5) is 0. The third-order valence-corrected chi connectivity index (χ3v) is 2.22. The summed E-state index contributed by atoms with van der Waals surface area (Å²) in [6.45, 7) is 1.55. The second-order valence-corrected chi connectivity index (χ2v) is 3.44. The molecule has 0 spiro atoms. The van der Waals surface area contributed by atoms with E-state index in [0.717, 1.165) is 25.9 Å². The van der Waals surface area contributed by atoms with Crippen LogP contribution < -0.4 is 10.6 Å². The Kier molecular flexibility index (Phi) is 3.99. The molecule has 2 N–H and O–H groups in total. The fraction of sp³-hybridized carbons (Fsp3) is 1.00. The van der Waals surface area contributed by atoms with Gasteiger partial charge in [0.15, 0.2) is 0 Å². The molecule has 0 aromatic carbocycles. The molecule has 1 heterocycles. The maximum Gasteiger partial charge on any atom is 0.401 e. The van der Waals surface area contributed by atoms with E-state index in [1.807, 2.05) is 0 Å². The molecule has 5 heteroatoms. The number of hydrogen-bond acceptors (Lipinski definition) is 2. The molecule has 2 nitrogen and oxygen atoms in total. The molecule has 1 aliphatic rings. The molecule has 0 aromatic heterocycles. The summed E-state index contributed by atoms with van der Waals surface area (Å²) < 4.78 is 35.0. The molecule has 78 valence electrons. The quantitative estimate of drug-likeness (QED) is 0.659. The lowest BCUT2D eigenvalue weighted by Gasteiger charge is -2.10. The first-order chi connectivity index (χ1) is 6.08. The third-order valence-electron chi connectivity index (χ3n) is 2.22. The monoisotopic (exact) mass is 196 g/mol. The highest BCUT2D eigenvalue weighted by molar-refractivity contribution is 4.71. The first-order valence-corrected chi connectivity index (χ1v) is 4.56. The second-order valence-electron chi connectivity index (χ2n) is 3.44. The van der Waals surface area contributed by atoms with Gasteiger partial charge in [-0.15, -0.1) is 0 Å². The number of rotatable bonds is 4. The largest absolute Gasteiger partial charge is 0.401 e. The predicted molar refractivity (Wildman–Crippen MR) is 44.5 cm³/mol. The van der Waals surface area contributed by atoms with Crippen molar-refractivity contribution in [3.05, 3.63) is 0 Å². The average molecular weight is 196 g/mol. The fourth-order valence-electron chi connectivity index (χ4n) is 1.50. The maximum atomic E-state index is 11.7. The van der Waals surface area contributed by atoms with Crippen LogP contribution in [-0.2, 0) is 0 Å². The highest BCUT2D eigenvalue weighted by Gasteiger charge is 2.26. The van der Waals surface area contributed by atoms with Gasteiger partial charge in [0.05, 0.1) is 6.54 Å². The Morgan fingerprint density at radius 2 is 2.15 bits per heavy atom. The minimum absolute atomic E-state index is 0.464. The van der Waals surface area contributed by atoms with E-state index < -0.39 is 12.7 Å². The van der Waals surface area contributed by atoms with Gasteiger partial charge in [0.2, 0.25) is 0 Å². The van der Waals surface area contributed by atoms with Crippen molar-refractivity contribution in [2.75, 3.05) is 26.2 Å². The topological polar surface area (TPSA) is 24.1 Å². The summed E-state index contributed by atoms with van der Waals surface area (Å²) in [6.07, 6.45) is -2.15. The summed E-state index contributed by atoms with van der Waals surface area (Å²) in [5.74, 6) is 0.556. The van der Waals surface area contributed by atoms with Crippen molar-refractivity contribution < 1.29 is 13.2 Å². The Balaban J connectivity index is 1.94. The fourth-order valence-corrected chi connectivity index (χ4v) is 1.50. The molecule has 13 heavy (non-hydrogen) atoms. The lowest BCUT2D eigenvalue weighted by atomic mass is 10.1. The van der Waals surface area contributed by atoms with Crippen LogP contribution in [0.15, 0.2) is 0 Å². The molecule has 0 aliphatic carbocycles. The number of alkyl halides is 3. The zero-order chi connectivity index (χ0) is 9.73. The van der Waals surface area contributed by atoms with Gasteiger partial charge in [0.25, 0.3) is 0 Å². The molecule has 1 unspecified atom stereocenters. The van der Waals surface area contributed by atoms with Crippen molar-refractivity contribution in [2.24, 2.45) is 5.92 Å². The van der Waals surface area contributed by atoms with Crippen LogP contribution in [0, 0.1) is 5.92 Å². The normalized spacial score (nSPS) is 23.8. The first-order valence-electron chi connectivity index (χ1n) is 4.56. The summed E-state index contributed by atoms with van der Waals surface area (Å²) in [7, 11) is 0. The van der Waals surface area contributed by atoms with Crippen molar-refractivity contribution in [1.29, 1.82) is 0 Å².